The van der Waals surface area contributed by atoms with Crippen LogP contribution in [0.2, 0.25) is 0 Å². The van der Waals surface area contributed by atoms with Gasteiger partial charge >= 0.3 is 0 Å². The van der Waals surface area contributed by atoms with E-state index in [1.165, 1.54) is 56.7 Å². The lowest BCUT2D eigenvalue weighted by atomic mass is 10.2. The van der Waals surface area contributed by atoms with Crippen molar-refractivity contribution in [3.05, 3.63) is 11.1 Å². The van der Waals surface area contributed by atoms with E-state index in [0.717, 1.165) is 12.6 Å². The molecule has 0 saturated carbocycles. The van der Waals surface area contributed by atoms with Gasteiger partial charge in [0.1, 0.15) is 0 Å². The molecule has 2 saturated heterocycles. The smallest absolute Gasteiger partial charge is 0.180 e. The molecule has 1 aromatic heterocycles. The molecule has 5 heteroatoms. The number of thiazole rings is 1. The molecule has 3 rings (SSSR count). The van der Waals surface area contributed by atoms with Gasteiger partial charge in [0.2, 0.25) is 0 Å². The molecule has 0 bridgehead atoms. The van der Waals surface area contributed by atoms with Crippen molar-refractivity contribution >= 4 is 16.5 Å². The van der Waals surface area contributed by atoms with Gasteiger partial charge in [-0.25, -0.2) is 4.98 Å². The van der Waals surface area contributed by atoms with E-state index in [4.69, 9.17) is 5.73 Å². The monoisotopic (exact) mass is 266 g/mol. The summed E-state index contributed by atoms with van der Waals surface area (Å²) >= 11 is 1.63. The molecule has 0 aromatic carbocycles. The minimum absolute atomic E-state index is 0.695. The molecular weight excluding hydrogens is 244 g/mol. The Bertz CT molecular complexity index is 386. The third-order valence-electron chi connectivity index (χ3n) is 4.10. The molecule has 100 valence electrons. The van der Waals surface area contributed by atoms with Crippen LogP contribution >= 0.6 is 11.3 Å². The van der Waals surface area contributed by atoms with Crippen LogP contribution in [0.3, 0.4) is 0 Å². The molecule has 2 aliphatic rings. The van der Waals surface area contributed by atoms with E-state index < -0.39 is 0 Å². The van der Waals surface area contributed by atoms with Crippen molar-refractivity contribution in [1.29, 1.82) is 0 Å². The maximum absolute atomic E-state index is 5.70. The molecule has 2 fully saturated rings. The first kappa shape index (κ1) is 12.4. The van der Waals surface area contributed by atoms with Crippen molar-refractivity contribution in [3.8, 4) is 0 Å². The van der Waals surface area contributed by atoms with Crippen LogP contribution in [0.25, 0.3) is 0 Å². The molecule has 2 aliphatic heterocycles. The Kier molecular flexibility index (Phi) is 3.82. The molecule has 1 unspecified atom stereocenters. The summed E-state index contributed by atoms with van der Waals surface area (Å²) in [6, 6.07) is 0.742. The van der Waals surface area contributed by atoms with Gasteiger partial charge in [0.05, 0.1) is 0 Å². The minimum atomic E-state index is 0.695. The van der Waals surface area contributed by atoms with E-state index in [1.54, 1.807) is 11.3 Å². The van der Waals surface area contributed by atoms with Crippen LogP contribution in [0.5, 0.6) is 0 Å². The van der Waals surface area contributed by atoms with Gasteiger partial charge in [0, 0.05) is 30.2 Å². The number of likely N-dealkylation sites (tertiary alicyclic amines) is 2. The lowest BCUT2D eigenvalue weighted by Gasteiger charge is -2.27. The molecule has 0 radical (unpaired) electrons. The van der Waals surface area contributed by atoms with Crippen LogP contribution < -0.4 is 5.73 Å². The fourth-order valence-corrected chi connectivity index (χ4v) is 3.88. The Labute approximate surface area is 113 Å². The number of aromatic nitrogens is 1. The van der Waals surface area contributed by atoms with E-state index in [9.17, 15) is 0 Å². The van der Waals surface area contributed by atoms with Crippen molar-refractivity contribution in [2.24, 2.45) is 0 Å². The van der Waals surface area contributed by atoms with Crippen molar-refractivity contribution in [2.75, 3.05) is 31.9 Å². The molecule has 18 heavy (non-hydrogen) atoms. The van der Waals surface area contributed by atoms with Gasteiger partial charge < -0.3 is 10.6 Å². The molecule has 0 spiro atoms. The number of nitrogens with two attached hydrogens (primary N) is 1. The number of rotatable bonds is 4. The Morgan fingerprint density at radius 1 is 1.28 bits per heavy atom. The van der Waals surface area contributed by atoms with Gasteiger partial charge in [-0.2, -0.15) is 0 Å². The van der Waals surface area contributed by atoms with Crippen LogP contribution in [0.4, 0.5) is 5.13 Å². The SMILES string of the molecule is Nc1ncc(CN2CCCC2CN2CCCC2)s1. The quantitative estimate of drug-likeness (QED) is 0.902. The average Bonchev–Trinajstić information content (AvgIpc) is 3.05. The highest BCUT2D eigenvalue weighted by molar-refractivity contribution is 7.15. The highest BCUT2D eigenvalue weighted by Crippen LogP contribution is 2.24. The third-order valence-corrected chi connectivity index (χ3v) is 4.91. The van der Waals surface area contributed by atoms with Crippen molar-refractivity contribution in [1.82, 2.24) is 14.8 Å². The lowest BCUT2D eigenvalue weighted by Crippen LogP contribution is -2.38. The highest BCUT2D eigenvalue weighted by Gasteiger charge is 2.27. The van der Waals surface area contributed by atoms with Gasteiger partial charge in [-0.05, 0) is 45.3 Å². The van der Waals surface area contributed by atoms with Crippen LogP contribution in [-0.4, -0.2) is 47.0 Å². The Balaban J connectivity index is 1.56. The summed E-state index contributed by atoms with van der Waals surface area (Å²) in [5.41, 5.74) is 5.70. The second-order valence-electron chi connectivity index (χ2n) is 5.44. The number of hydrogen-bond donors (Lipinski definition) is 1. The summed E-state index contributed by atoms with van der Waals surface area (Å²) in [6.45, 7) is 6.13. The van der Waals surface area contributed by atoms with Crippen molar-refractivity contribution < 1.29 is 0 Å². The molecule has 2 N–H and O–H groups in total. The van der Waals surface area contributed by atoms with Crippen LogP contribution in [0, 0.1) is 0 Å². The van der Waals surface area contributed by atoms with E-state index in [-0.39, 0.29) is 0 Å². The zero-order valence-corrected chi connectivity index (χ0v) is 11.7. The van der Waals surface area contributed by atoms with Gasteiger partial charge in [-0.3, -0.25) is 4.90 Å². The first-order chi connectivity index (χ1) is 8.81. The molecular formula is C13H22N4S. The first-order valence-electron chi connectivity index (χ1n) is 6.98. The average molecular weight is 266 g/mol. The van der Waals surface area contributed by atoms with Crippen molar-refractivity contribution in [3.63, 3.8) is 0 Å². The van der Waals surface area contributed by atoms with Crippen LogP contribution in [0.1, 0.15) is 30.6 Å². The van der Waals surface area contributed by atoms with Crippen molar-refractivity contribution in [2.45, 2.75) is 38.3 Å². The topological polar surface area (TPSA) is 45.4 Å². The summed E-state index contributed by atoms with van der Waals surface area (Å²) in [5, 5.41) is 0.695. The number of nitrogens with zero attached hydrogens (tertiary/aromatic N) is 3. The summed E-state index contributed by atoms with van der Waals surface area (Å²) in [6.07, 6.45) is 7.40. The van der Waals surface area contributed by atoms with Gasteiger partial charge in [-0.1, -0.05) is 0 Å². The molecule has 1 aromatic rings. The standard InChI is InChI=1S/C13H22N4S/c14-13-15-8-12(18-13)10-17-7-3-4-11(17)9-16-5-1-2-6-16/h8,11H,1-7,9-10H2,(H2,14,15). The summed E-state index contributed by atoms with van der Waals surface area (Å²) < 4.78 is 0. The van der Waals surface area contributed by atoms with Crippen LogP contribution in [-0.2, 0) is 6.54 Å². The predicted octanol–water partition coefficient (Wildman–Crippen LogP) is 1.79. The highest BCUT2D eigenvalue weighted by atomic mass is 32.1. The zero-order valence-electron chi connectivity index (χ0n) is 10.8. The molecule has 4 nitrogen and oxygen atoms in total. The first-order valence-corrected chi connectivity index (χ1v) is 7.79. The van der Waals surface area contributed by atoms with Crippen LogP contribution in [0.15, 0.2) is 6.20 Å². The van der Waals surface area contributed by atoms with E-state index in [0.29, 0.717) is 5.13 Å². The fourth-order valence-electron chi connectivity index (χ4n) is 3.17. The Morgan fingerprint density at radius 2 is 2.11 bits per heavy atom. The van der Waals surface area contributed by atoms with E-state index in [2.05, 4.69) is 14.8 Å². The second kappa shape index (κ2) is 5.55. The molecule has 0 aliphatic carbocycles. The maximum atomic E-state index is 5.70. The molecule has 3 heterocycles. The number of hydrogen-bond acceptors (Lipinski definition) is 5. The zero-order chi connectivity index (χ0) is 12.4. The molecule has 1 atom stereocenters. The number of nitrogen functional groups attached to an aromatic ring is 1. The minimum Gasteiger partial charge on any atom is -0.375 e. The van der Waals surface area contributed by atoms with E-state index in [1.807, 2.05) is 6.20 Å². The largest absolute Gasteiger partial charge is 0.375 e. The summed E-state index contributed by atoms with van der Waals surface area (Å²) in [5.74, 6) is 0. The summed E-state index contributed by atoms with van der Waals surface area (Å²) in [4.78, 5) is 10.7. The third kappa shape index (κ3) is 2.84. The van der Waals surface area contributed by atoms with Gasteiger partial charge in [0.25, 0.3) is 0 Å². The van der Waals surface area contributed by atoms with Gasteiger partial charge in [0.15, 0.2) is 5.13 Å². The lowest BCUT2D eigenvalue weighted by molar-refractivity contribution is 0.186. The summed E-state index contributed by atoms with van der Waals surface area (Å²) in [7, 11) is 0. The Hall–Kier alpha value is -0.650. The fraction of sp³-hybridized carbons (Fsp3) is 0.769. The number of anilines is 1. The van der Waals surface area contributed by atoms with E-state index >= 15 is 0 Å². The normalized spacial score (nSPS) is 26.1. The molecule has 0 amide bonds. The predicted molar refractivity (Wildman–Crippen MR) is 75.6 cm³/mol. The maximum Gasteiger partial charge on any atom is 0.180 e. The second-order valence-corrected chi connectivity index (χ2v) is 6.59. The Morgan fingerprint density at radius 3 is 2.83 bits per heavy atom. The van der Waals surface area contributed by atoms with Gasteiger partial charge in [-0.15, -0.1) is 11.3 Å².